The molecule has 2 rings (SSSR count). The second-order valence-electron chi connectivity index (χ2n) is 5.31. The lowest BCUT2D eigenvalue weighted by atomic mass is 9.78. The molecule has 0 aromatic heterocycles. The van der Waals surface area contributed by atoms with E-state index in [2.05, 4.69) is 0 Å². The topological polar surface area (TPSA) is 40.5 Å². The van der Waals surface area contributed by atoms with Crippen molar-refractivity contribution in [2.24, 2.45) is 0 Å². The van der Waals surface area contributed by atoms with Crippen LogP contribution in [0, 0.1) is 6.92 Å². The summed E-state index contributed by atoms with van der Waals surface area (Å²) in [6.45, 7) is 2.05. The maximum Gasteiger partial charge on any atom is 0.0908 e. The predicted molar refractivity (Wildman–Crippen MR) is 68.9 cm³/mol. The third-order valence-corrected chi connectivity index (χ3v) is 4.01. The lowest BCUT2D eigenvalue weighted by Crippen LogP contribution is -2.45. The predicted octanol–water partition coefficient (Wildman–Crippen LogP) is 2.59. The van der Waals surface area contributed by atoms with Gasteiger partial charge in [-0.3, -0.25) is 0 Å². The Bertz CT molecular complexity index is 367. The van der Waals surface area contributed by atoms with Gasteiger partial charge in [-0.2, -0.15) is 0 Å². The zero-order valence-electron chi connectivity index (χ0n) is 10.5. The third-order valence-electron chi connectivity index (χ3n) is 4.01. The van der Waals surface area contributed by atoms with Crippen LogP contribution >= 0.6 is 0 Å². The molecule has 0 bridgehead atoms. The van der Waals surface area contributed by atoms with Gasteiger partial charge in [0.2, 0.25) is 0 Å². The Kier molecular flexibility index (Phi) is 3.85. The molecule has 1 atom stereocenters. The summed E-state index contributed by atoms with van der Waals surface area (Å²) in [5.41, 5.74) is 1.46. The first kappa shape index (κ1) is 12.6. The van der Waals surface area contributed by atoms with Gasteiger partial charge < -0.3 is 10.2 Å². The van der Waals surface area contributed by atoms with Crippen LogP contribution < -0.4 is 0 Å². The minimum absolute atomic E-state index is 0.559. The zero-order valence-corrected chi connectivity index (χ0v) is 10.5. The number of hydrogen-bond acceptors (Lipinski definition) is 2. The highest BCUT2D eigenvalue weighted by Gasteiger charge is 2.36. The van der Waals surface area contributed by atoms with Crippen LogP contribution in [-0.2, 0) is 6.42 Å². The fraction of sp³-hybridized carbons (Fsp3) is 0.600. The van der Waals surface area contributed by atoms with E-state index in [-0.39, 0.29) is 0 Å². The molecule has 0 saturated heterocycles. The van der Waals surface area contributed by atoms with Crippen LogP contribution in [0.15, 0.2) is 24.3 Å². The molecule has 2 nitrogen and oxygen atoms in total. The number of aliphatic hydroxyl groups excluding tert-OH is 1. The van der Waals surface area contributed by atoms with Crippen molar-refractivity contribution < 1.29 is 10.2 Å². The molecule has 1 fully saturated rings. The minimum atomic E-state index is -0.861. The van der Waals surface area contributed by atoms with E-state index in [1.54, 1.807) is 0 Å². The second kappa shape index (κ2) is 5.19. The van der Waals surface area contributed by atoms with E-state index in [9.17, 15) is 10.2 Å². The zero-order chi connectivity index (χ0) is 12.3. The van der Waals surface area contributed by atoms with Crippen LogP contribution in [0.4, 0.5) is 0 Å². The van der Waals surface area contributed by atoms with E-state index in [4.69, 9.17) is 0 Å². The van der Waals surface area contributed by atoms with E-state index in [1.807, 2.05) is 31.2 Å². The molecule has 2 heteroatoms. The Hall–Kier alpha value is -0.860. The number of benzene rings is 1. The van der Waals surface area contributed by atoms with Gasteiger partial charge in [-0.15, -0.1) is 0 Å². The molecule has 1 aromatic rings. The first-order valence-electron chi connectivity index (χ1n) is 6.57. The summed E-state index contributed by atoms with van der Waals surface area (Å²) in [4.78, 5) is 0. The van der Waals surface area contributed by atoms with Gasteiger partial charge in [0.25, 0.3) is 0 Å². The number of hydrogen-bond donors (Lipinski definition) is 2. The highest BCUT2D eigenvalue weighted by atomic mass is 16.3. The van der Waals surface area contributed by atoms with Gasteiger partial charge in [-0.1, -0.05) is 43.5 Å². The molecule has 0 spiro atoms. The standard InChI is InChI=1S/C15H22O2/c1-12-7-3-4-8-13(12)11-14(16)15(17)9-5-2-6-10-15/h3-4,7-8,14,16-17H,2,5-6,9-11H2,1H3. The molecule has 1 aromatic carbocycles. The number of aryl methyl sites for hydroxylation is 1. The maximum atomic E-state index is 10.4. The van der Waals surface area contributed by atoms with Crippen molar-refractivity contribution in [2.45, 2.75) is 57.2 Å². The molecule has 1 saturated carbocycles. The van der Waals surface area contributed by atoms with E-state index >= 15 is 0 Å². The van der Waals surface area contributed by atoms with Gasteiger partial charge in [0, 0.05) is 6.42 Å². The van der Waals surface area contributed by atoms with Crippen LogP contribution in [0.1, 0.15) is 43.2 Å². The summed E-state index contributed by atoms with van der Waals surface area (Å²) in [5, 5.41) is 20.7. The highest BCUT2D eigenvalue weighted by molar-refractivity contribution is 5.26. The molecule has 17 heavy (non-hydrogen) atoms. The van der Waals surface area contributed by atoms with Crippen molar-refractivity contribution in [1.29, 1.82) is 0 Å². The fourth-order valence-electron chi connectivity index (χ4n) is 2.73. The van der Waals surface area contributed by atoms with Gasteiger partial charge in [-0.05, 0) is 30.9 Å². The van der Waals surface area contributed by atoms with Crippen LogP contribution in [-0.4, -0.2) is 21.9 Å². The Morgan fingerprint density at radius 2 is 1.82 bits per heavy atom. The Morgan fingerprint density at radius 3 is 2.47 bits per heavy atom. The smallest absolute Gasteiger partial charge is 0.0908 e. The number of rotatable bonds is 3. The molecule has 0 amide bonds. The number of aliphatic hydroxyl groups is 2. The fourth-order valence-corrected chi connectivity index (χ4v) is 2.73. The Labute approximate surface area is 103 Å². The van der Waals surface area contributed by atoms with Gasteiger partial charge in [0.05, 0.1) is 11.7 Å². The first-order chi connectivity index (χ1) is 8.12. The lowest BCUT2D eigenvalue weighted by Gasteiger charge is -2.36. The summed E-state index contributed by atoms with van der Waals surface area (Å²) >= 11 is 0. The molecule has 1 unspecified atom stereocenters. The van der Waals surface area contributed by atoms with E-state index in [0.29, 0.717) is 6.42 Å². The molecule has 0 radical (unpaired) electrons. The quantitative estimate of drug-likeness (QED) is 0.844. The summed E-state index contributed by atoms with van der Waals surface area (Å²) in [6, 6.07) is 8.07. The Morgan fingerprint density at radius 1 is 1.18 bits per heavy atom. The van der Waals surface area contributed by atoms with Crippen molar-refractivity contribution in [2.75, 3.05) is 0 Å². The van der Waals surface area contributed by atoms with Crippen LogP contribution in [0.3, 0.4) is 0 Å². The van der Waals surface area contributed by atoms with Crippen molar-refractivity contribution >= 4 is 0 Å². The third kappa shape index (κ3) is 2.88. The van der Waals surface area contributed by atoms with E-state index < -0.39 is 11.7 Å². The normalized spacial score (nSPS) is 21.1. The van der Waals surface area contributed by atoms with Crippen molar-refractivity contribution in [3.05, 3.63) is 35.4 Å². The molecule has 2 N–H and O–H groups in total. The lowest BCUT2D eigenvalue weighted by molar-refractivity contribution is -0.0961. The molecule has 0 aliphatic heterocycles. The van der Waals surface area contributed by atoms with Gasteiger partial charge >= 0.3 is 0 Å². The van der Waals surface area contributed by atoms with E-state index in [1.165, 1.54) is 12.0 Å². The maximum absolute atomic E-state index is 10.4. The SMILES string of the molecule is Cc1ccccc1CC(O)C1(O)CCCCC1. The van der Waals surface area contributed by atoms with Crippen LogP contribution in [0.25, 0.3) is 0 Å². The average molecular weight is 234 g/mol. The van der Waals surface area contributed by atoms with Gasteiger partial charge in [0.15, 0.2) is 0 Å². The summed E-state index contributed by atoms with van der Waals surface area (Å²) in [7, 11) is 0. The van der Waals surface area contributed by atoms with E-state index in [0.717, 1.165) is 31.2 Å². The van der Waals surface area contributed by atoms with Crippen molar-refractivity contribution in [1.82, 2.24) is 0 Å². The highest BCUT2D eigenvalue weighted by Crippen LogP contribution is 2.32. The second-order valence-corrected chi connectivity index (χ2v) is 5.31. The summed E-state index contributed by atoms with van der Waals surface area (Å²) in [6.07, 6.45) is 4.63. The molecule has 1 aliphatic carbocycles. The van der Waals surface area contributed by atoms with Gasteiger partial charge in [0.1, 0.15) is 0 Å². The van der Waals surface area contributed by atoms with Crippen LogP contribution in [0.2, 0.25) is 0 Å². The largest absolute Gasteiger partial charge is 0.390 e. The van der Waals surface area contributed by atoms with Gasteiger partial charge in [-0.25, -0.2) is 0 Å². The molecule has 1 aliphatic rings. The molecular weight excluding hydrogens is 212 g/mol. The first-order valence-corrected chi connectivity index (χ1v) is 6.57. The monoisotopic (exact) mass is 234 g/mol. The van der Waals surface area contributed by atoms with Crippen molar-refractivity contribution in [3.8, 4) is 0 Å². The average Bonchev–Trinajstić information content (AvgIpc) is 2.33. The Balaban J connectivity index is 2.05. The molecular formula is C15H22O2. The van der Waals surface area contributed by atoms with Crippen molar-refractivity contribution in [3.63, 3.8) is 0 Å². The van der Waals surface area contributed by atoms with Crippen LogP contribution in [0.5, 0.6) is 0 Å². The summed E-state index contributed by atoms with van der Waals surface area (Å²) < 4.78 is 0. The minimum Gasteiger partial charge on any atom is -0.390 e. The molecule has 0 heterocycles. The summed E-state index contributed by atoms with van der Waals surface area (Å²) in [5.74, 6) is 0. The molecule has 94 valence electrons.